The van der Waals surface area contributed by atoms with Gasteiger partial charge in [0.05, 0.1) is 12.5 Å². The first-order chi connectivity index (χ1) is 13.7. The molecule has 0 aliphatic carbocycles. The zero-order valence-corrected chi connectivity index (χ0v) is 18.7. The van der Waals surface area contributed by atoms with Crippen LogP contribution in [-0.2, 0) is 9.53 Å². The quantitative estimate of drug-likeness (QED) is 0.135. The number of unbranched alkanes of at least 4 members (excludes halogenated alkanes) is 7. The summed E-state index contributed by atoms with van der Waals surface area (Å²) in [5, 5.41) is 0. The summed E-state index contributed by atoms with van der Waals surface area (Å²) in [4.78, 5) is 11.3. The van der Waals surface area contributed by atoms with Crippen molar-refractivity contribution in [1.29, 1.82) is 0 Å². The molecule has 0 fully saturated rings. The fourth-order valence-corrected chi connectivity index (χ4v) is 2.64. The summed E-state index contributed by atoms with van der Waals surface area (Å²) in [6, 6.07) is 0. The molecular weight excluding hydrogens is 344 g/mol. The second-order valence-electron chi connectivity index (χ2n) is 7.57. The van der Waals surface area contributed by atoms with Gasteiger partial charge in [0, 0.05) is 0 Å². The molecule has 2 heteroatoms. The molecule has 0 N–H and O–H groups in total. The summed E-state index contributed by atoms with van der Waals surface area (Å²) in [5.74, 6) is -0.0907. The Balaban J connectivity index is 3.31. The van der Waals surface area contributed by atoms with Crippen molar-refractivity contribution in [2.45, 2.75) is 97.8 Å². The van der Waals surface area contributed by atoms with E-state index in [9.17, 15) is 4.79 Å². The molecule has 0 aliphatic rings. The number of rotatable bonds is 18. The molecule has 0 amide bonds. The van der Waals surface area contributed by atoms with Crippen molar-refractivity contribution in [3.8, 4) is 0 Å². The maximum absolute atomic E-state index is 11.3. The first kappa shape index (κ1) is 26.4. The van der Waals surface area contributed by atoms with Crippen molar-refractivity contribution in [3.63, 3.8) is 0 Å². The second kappa shape index (κ2) is 21.7. The van der Waals surface area contributed by atoms with Crippen molar-refractivity contribution in [1.82, 2.24) is 0 Å². The SMILES string of the molecule is CC/C=C\C/C=C\C/C=C\CCCC/C=C/CCCCCCOC(=O)C(C)C. The van der Waals surface area contributed by atoms with Gasteiger partial charge >= 0.3 is 5.97 Å². The molecule has 0 unspecified atom stereocenters. The van der Waals surface area contributed by atoms with E-state index in [-0.39, 0.29) is 11.9 Å². The number of esters is 1. The lowest BCUT2D eigenvalue weighted by atomic mass is 10.1. The number of hydrogen-bond acceptors (Lipinski definition) is 2. The first-order valence-electron chi connectivity index (χ1n) is 11.4. The molecule has 2 nitrogen and oxygen atoms in total. The Hall–Kier alpha value is -1.57. The summed E-state index contributed by atoms with van der Waals surface area (Å²) in [5.41, 5.74) is 0. The Labute approximate surface area is 174 Å². The second-order valence-corrected chi connectivity index (χ2v) is 7.57. The minimum atomic E-state index is -0.0780. The van der Waals surface area contributed by atoms with Crippen molar-refractivity contribution < 1.29 is 9.53 Å². The molecule has 0 radical (unpaired) electrons. The number of carbonyl (C=O) groups excluding carboxylic acids is 1. The molecule has 0 aliphatic heterocycles. The highest BCUT2D eigenvalue weighted by Crippen LogP contribution is 2.07. The predicted molar refractivity (Wildman–Crippen MR) is 123 cm³/mol. The van der Waals surface area contributed by atoms with Gasteiger partial charge < -0.3 is 4.74 Å². The van der Waals surface area contributed by atoms with Gasteiger partial charge in [0.15, 0.2) is 0 Å². The lowest BCUT2D eigenvalue weighted by Gasteiger charge is -2.06. The van der Waals surface area contributed by atoms with E-state index in [4.69, 9.17) is 4.74 Å². The molecule has 0 spiro atoms. The molecule has 0 aromatic carbocycles. The third-order valence-corrected chi connectivity index (χ3v) is 4.42. The van der Waals surface area contributed by atoms with E-state index in [0.29, 0.717) is 6.61 Å². The first-order valence-corrected chi connectivity index (χ1v) is 11.4. The number of allylic oxidation sites excluding steroid dienone is 8. The Morgan fingerprint density at radius 1 is 0.679 bits per heavy atom. The van der Waals surface area contributed by atoms with Gasteiger partial charge in [-0.2, -0.15) is 0 Å². The van der Waals surface area contributed by atoms with Crippen LogP contribution in [0.25, 0.3) is 0 Å². The number of ether oxygens (including phenoxy) is 1. The molecule has 0 rings (SSSR count). The fraction of sp³-hybridized carbons (Fsp3) is 0.654. The van der Waals surface area contributed by atoms with Gasteiger partial charge in [0.1, 0.15) is 0 Å². The molecule has 160 valence electrons. The van der Waals surface area contributed by atoms with Crippen LogP contribution in [0.5, 0.6) is 0 Å². The fourth-order valence-electron chi connectivity index (χ4n) is 2.64. The van der Waals surface area contributed by atoms with Crippen molar-refractivity contribution >= 4 is 5.97 Å². The van der Waals surface area contributed by atoms with Crippen molar-refractivity contribution in [2.24, 2.45) is 5.92 Å². The van der Waals surface area contributed by atoms with Gasteiger partial charge in [-0.3, -0.25) is 4.79 Å². The number of carbonyl (C=O) groups is 1. The average Bonchev–Trinajstić information content (AvgIpc) is 2.68. The molecule has 0 saturated heterocycles. The van der Waals surface area contributed by atoms with E-state index in [1.54, 1.807) is 0 Å². The zero-order valence-electron chi connectivity index (χ0n) is 18.7. The Bertz CT molecular complexity index is 455. The van der Waals surface area contributed by atoms with Crippen LogP contribution >= 0.6 is 0 Å². The zero-order chi connectivity index (χ0) is 20.7. The van der Waals surface area contributed by atoms with E-state index in [2.05, 4.69) is 55.5 Å². The molecular formula is C26H44O2. The van der Waals surface area contributed by atoms with Crippen LogP contribution in [0.4, 0.5) is 0 Å². The maximum Gasteiger partial charge on any atom is 0.308 e. The lowest BCUT2D eigenvalue weighted by molar-refractivity contribution is -0.147. The van der Waals surface area contributed by atoms with Gasteiger partial charge in [-0.15, -0.1) is 0 Å². The van der Waals surface area contributed by atoms with E-state index in [1.807, 2.05) is 13.8 Å². The van der Waals surface area contributed by atoms with Crippen LogP contribution in [-0.4, -0.2) is 12.6 Å². The van der Waals surface area contributed by atoms with Crippen LogP contribution in [0.15, 0.2) is 48.6 Å². The molecule has 0 saturated carbocycles. The van der Waals surface area contributed by atoms with Gasteiger partial charge in [-0.05, 0) is 64.2 Å². The molecule has 0 aromatic heterocycles. The van der Waals surface area contributed by atoms with Gasteiger partial charge in [-0.25, -0.2) is 0 Å². The van der Waals surface area contributed by atoms with Gasteiger partial charge in [-0.1, -0.05) is 82.2 Å². The summed E-state index contributed by atoms with van der Waals surface area (Å²) in [6.07, 6.45) is 32.1. The topological polar surface area (TPSA) is 26.3 Å². The van der Waals surface area contributed by atoms with E-state index < -0.39 is 0 Å². The van der Waals surface area contributed by atoms with Crippen LogP contribution in [0.1, 0.15) is 97.8 Å². The van der Waals surface area contributed by atoms with Crippen molar-refractivity contribution in [3.05, 3.63) is 48.6 Å². The van der Waals surface area contributed by atoms with E-state index in [1.165, 1.54) is 44.9 Å². The minimum absolute atomic E-state index is 0.0127. The predicted octanol–water partition coefficient (Wildman–Crippen LogP) is 8.11. The monoisotopic (exact) mass is 388 g/mol. The van der Waals surface area contributed by atoms with E-state index >= 15 is 0 Å². The summed E-state index contributed by atoms with van der Waals surface area (Å²) in [7, 11) is 0. The summed E-state index contributed by atoms with van der Waals surface area (Å²) >= 11 is 0. The Kier molecular flexibility index (Phi) is 20.5. The summed E-state index contributed by atoms with van der Waals surface area (Å²) in [6.45, 7) is 6.49. The summed E-state index contributed by atoms with van der Waals surface area (Å²) < 4.78 is 5.18. The maximum atomic E-state index is 11.3. The van der Waals surface area contributed by atoms with Crippen LogP contribution in [0.2, 0.25) is 0 Å². The van der Waals surface area contributed by atoms with Gasteiger partial charge in [0.2, 0.25) is 0 Å². The normalized spacial score (nSPS) is 12.4. The molecule has 0 atom stereocenters. The largest absolute Gasteiger partial charge is 0.465 e. The Morgan fingerprint density at radius 3 is 1.71 bits per heavy atom. The van der Waals surface area contributed by atoms with Crippen LogP contribution < -0.4 is 0 Å². The molecule has 0 aromatic rings. The van der Waals surface area contributed by atoms with Crippen LogP contribution in [0.3, 0.4) is 0 Å². The van der Waals surface area contributed by atoms with Gasteiger partial charge in [0.25, 0.3) is 0 Å². The highest BCUT2D eigenvalue weighted by molar-refractivity contribution is 5.71. The standard InChI is InChI=1S/C26H44O2/c1-4-5-6-7-8-9-10-11-12-13-14-15-16-17-18-19-20-21-22-23-24-28-26(27)25(2)3/h5-6,8-9,11-12,17-18,25H,4,7,10,13-16,19-24H2,1-3H3/b6-5-,9-8-,12-11-,18-17+. The van der Waals surface area contributed by atoms with Crippen LogP contribution in [0, 0.1) is 5.92 Å². The number of hydrogen-bond donors (Lipinski definition) is 0. The molecule has 0 bridgehead atoms. The van der Waals surface area contributed by atoms with E-state index in [0.717, 1.165) is 32.1 Å². The Morgan fingerprint density at radius 2 is 1.14 bits per heavy atom. The molecule has 28 heavy (non-hydrogen) atoms. The minimum Gasteiger partial charge on any atom is -0.465 e. The third kappa shape index (κ3) is 20.7. The lowest BCUT2D eigenvalue weighted by Crippen LogP contribution is -2.12. The highest BCUT2D eigenvalue weighted by Gasteiger charge is 2.06. The highest BCUT2D eigenvalue weighted by atomic mass is 16.5. The molecule has 0 heterocycles. The average molecular weight is 389 g/mol. The van der Waals surface area contributed by atoms with Crippen molar-refractivity contribution in [2.75, 3.05) is 6.61 Å². The smallest absolute Gasteiger partial charge is 0.308 e. The third-order valence-electron chi connectivity index (χ3n) is 4.42.